The topological polar surface area (TPSA) is 140 Å². The van der Waals surface area contributed by atoms with Crippen LogP contribution in [0.2, 0.25) is 0 Å². The summed E-state index contributed by atoms with van der Waals surface area (Å²) in [6, 6.07) is 3.41. The molecule has 11 nitrogen and oxygen atoms in total. The molecule has 3 rings (SSSR count). The van der Waals surface area contributed by atoms with E-state index in [9.17, 15) is 13.2 Å². The first-order valence-electron chi connectivity index (χ1n) is 12.2. The van der Waals surface area contributed by atoms with E-state index in [0.717, 1.165) is 12.8 Å². The fourth-order valence-corrected chi connectivity index (χ4v) is 5.40. The molecule has 36 heavy (non-hydrogen) atoms. The van der Waals surface area contributed by atoms with Crippen LogP contribution in [0.15, 0.2) is 12.1 Å². The molecule has 3 N–H and O–H groups in total. The Balaban J connectivity index is 1.81. The predicted molar refractivity (Wildman–Crippen MR) is 142 cm³/mol. The van der Waals surface area contributed by atoms with Gasteiger partial charge in [-0.1, -0.05) is 27.7 Å². The fraction of sp³-hybridized carbons (Fsp3) is 0.583. The van der Waals surface area contributed by atoms with Gasteiger partial charge in [-0.15, -0.1) is 10.2 Å². The number of benzene rings is 1. The number of nitrogens with zero attached hydrogens (tertiary/aromatic N) is 4. The molecular formula is C24H37N7O4S. The number of hydrogen-bond acceptors (Lipinski definition) is 8. The number of rotatable bonds is 13. The van der Waals surface area contributed by atoms with Crippen molar-refractivity contribution in [1.29, 1.82) is 0 Å². The molecule has 0 bridgehead atoms. The maximum absolute atomic E-state index is 12.6. The summed E-state index contributed by atoms with van der Waals surface area (Å²) in [4.78, 5) is 16.5. The summed E-state index contributed by atoms with van der Waals surface area (Å²) in [7, 11) is -2.06. The van der Waals surface area contributed by atoms with Gasteiger partial charge in [-0.25, -0.2) is 13.4 Å². The van der Waals surface area contributed by atoms with Crippen LogP contribution in [0.4, 0.5) is 11.5 Å². The molecule has 3 aromatic rings. The maximum Gasteiger partial charge on any atom is 0.233 e. The molecule has 0 radical (unpaired) electrons. The number of hydrogen-bond donors (Lipinski definition) is 3. The summed E-state index contributed by atoms with van der Waals surface area (Å²) >= 11 is 0. The molecule has 2 aromatic heterocycles. The van der Waals surface area contributed by atoms with Gasteiger partial charge < -0.3 is 15.4 Å². The highest BCUT2D eigenvalue weighted by Crippen LogP contribution is 2.32. The minimum atomic E-state index is -3.55. The number of carbonyl (C=O) groups is 1. The lowest BCUT2D eigenvalue weighted by molar-refractivity contribution is -0.121. The second kappa shape index (κ2) is 11.7. The van der Waals surface area contributed by atoms with E-state index >= 15 is 0 Å². The lowest BCUT2D eigenvalue weighted by atomic mass is 10.1. The monoisotopic (exact) mass is 519 g/mol. The first-order valence-corrected chi connectivity index (χ1v) is 13.9. The van der Waals surface area contributed by atoms with Crippen LogP contribution >= 0.6 is 0 Å². The third kappa shape index (κ3) is 6.96. The van der Waals surface area contributed by atoms with E-state index < -0.39 is 10.0 Å². The molecule has 0 fully saturated rings. The van der Waals surface area contributed by atoms with Gasteiger partial charge in [0.05, 0.1) is 29.6 Å². The zero-order chi connectivity index (χ0) is 26.5. The molecule has 0 saturated carbocycles. The smallest absolute Gasteiger partial charge is 0.233 e. The largest absolute Gasteiger partial charge is 0.494 e. The van der Waals surface area contributed by atoms with E-state index in [0.29, 0.717) is 65.2 Å². The van der Waals surface area contributed by atoms with Crippen LogP contribution in [0.3, 0.4) is 0 Å². The first kappa shape index (κ1) is 27.4. The van der Waals surface area contributed by atoms with Gasteiger partial charge >= 0.3 is 0 Å². The Morgan fingerprint density at radius 3 is 2.47 bits per heavy atom. The quantitative estimate of drug-likeness (QED) is 0.292. The summed E-state index contributed by atoms with van der Waals surface area (Å²) in [5, 5.41) is 14.8. The standard InChI is InChI=1S/C24H37N7O4S/c1-15(2)11-22(32)25-9-7-8-10-26-23-24-29-28-17(5)31(24)20-12-19(21(35-6)13-18(20)27-23)30-36(33,34)14-16(3)4/h12-13,15-16,30H,7-11,14H2,1-6H3,(H,25,32)(H,26,27). The van der Waals surface area contributed by atoms with Crippen LogP contribution in [0.1, 0.15) is 52.8 Å². The van der Waals surface area contributed by atoms with Gasteiger partial charge in [0.2, 0.25) is 21.6 Å². The molecule has 0 aliphatic rings. The number of anilines is 2. The average Bonchev–Trinajstić information content (AvgIpc) is 3.16. The highest BCUT2D eigenvalue weighted by molar-refractivity contribution is 7.92. The number of nitrogens with one attached hydrogen (secondary N) is 3. The molecule has 0 unspecified atom stereocenters. The van der Waals surface area contributed by atoms with Gasteiger partial charge in [0.25, 0.3) is 0 Å². The van der Waals surface area contributed by atoms with Crippen LogP contribution in [0, 0.1) is 18.8 Å². The number of ether oxygens (including phenoxy) is 1. The molecular weight excluding hydrogens is 482 g/mol. The van der Waals surface area contributed by atoms with Gasteiger partial charge in [0, 0.05) is 25.6 Å². The Labute approximate surface area is 212 Å². The van der Waals surface area contributed by atoms with Crippen molar-refractivity contribution < 1.29 is 17.9 Å². The Hall–Kier alpha value is -3.15. The molecule has 1 amide bonds. The van der Waals surface area contributed by atoms with E-state index in [-0.39, 0.29) is 17.6 Å². The molecule has 198 valence electrons. The third-order valence-corrected chi connectivity index (χ3v) is 7.07. The zero-order valence-electron chi connectivity index (χ0n) is 21.9. The molecule has 12 heteroatoms. The molecule has 0 saturated heterocycles. The Morgan fingerprint density at radius 2 is 1.81 bits per heavy atom. The van der Waals surface area contributed by atoms with Gasteiger partial charge in [0.15, 0.2) is 5.82 Å². The maximum atomic E-state index is 12.6. The van der Waals surface area contributed by atoms with Crippen LogP contribution in [0.25, 0.3) is 16.7 Å². The number of fused-ring (bicyclic) bond motifs is 3. The minimum absolute atomic E-state index is 0.00221. The Kier molecular flexibility index (Phi) is 8.93. The summed E-state index contributed by atoms with van der Waals surface area (Å²) in [5.41, 5.74) is 2.15. The van der Waals surface area contributed by atoms with E-state index in [4.69, 9.17) is 9.72 Å². The molecule has 2 heterocycles. The normalized spacial score (nSPS) is 12.0. The lowest BCUT2D eigenvalue weighted by Gasteiger charge is -2.16. The van der Waals surface area contributed by atoms with Crippen molar-refractivity contribution in [2.75, 3.05) is 36.0 Å². The number of carbonyl (C=O) groups excluding carboxylic acids is 1. The minimum Gasteiger partial charge on any atom is -0.494 e. The van der Waals surface area contributed by atoms with Crippen LogP contribution in [-0.2, 0) is 14.8 Å². The van der Waals surface area contributed by atoms with E-state index in [2.05, 4.69) is 25.6 Å². The summed E-state index contributed by atoms with van der Waals surface area (Å²) < 4.78 is 35.1. The highest BCUT2D eigenvalue weighted by atomic mass is 32.2. The third-order valence-electron chi connectivity index (χ3n) is 5.44. The highest BCUT2D eigenvalue weighted by Gasteiger charge is 2.19. The van der Waals surface area contributed by atoms with Crippen molar-refractivity contribution >= 4 is 44.1 Å². The molecule has 0 aliphatic heterocycles. The lowest BCUT2D eigenvalue weighted by Crippen LogP contribution is -2.25. The number of aromatic nitrogens is 4. The van der Waals surface area contributed by atoms with Crippen LogP contribution < -0.4 is 20.1 Å². The van der Waals surface area contributed by atoms with E-state index in [1.165, 1.54) is 7.11 Å². The van der Waals surface area contributed by atoms with Crippen LogP contribution in [0.5, 0.6) is 5.75 Å². The van der Waals surface area contributed by atoms with Crippen molar-refractivity contribution in [3.8, 4) is 5.75 Å². The van der Waals surface area contributed by atoms with Crippen LogP contribution in [-0.4, -0.2) is 59.9 Å². The molecule has 1 aromatic carbocycles. The second-order valence-corrected chi connectivity index (χ2v) is 11.5. The first-order chi connectivity index (χ1) is 17.0. The van der Waals surface area contributed by atoms with Gasteiger partial charge in [-0.3, -0.25) is 13.9 Å². The fourth-order valence-electron chi connectivity index (χ4n) is 3.94. The second-order valence-electron chi connectivity index (χ2n) is 9.77. The number of amides is 1. The number of unbranched alkanes of at least 4 members (excludes halogenated alkanes) is 1. The van der Waals surface area contributed by atoms with Gasteiger partial charge in [-0.2, -0.15) is 0 Å². The summed E-state index contributed by atoms with van der Waals surface area (Å²) in [6.45, 7) is 10.8. The molecule has 0 spiro atoms. The van der Waals surface area contributed by atoms with E-state index in [1.54, 1.807) is 12.1 Å². The average molecular weight is 520 g/mol. The van der Waals surface area contributed by atoms with Crippen molar-refractivity contribution in [3.05, 3.63) is 18.0 Å². The molecule has 0 atom stereocenters. The molecule has 0 aliphatic carbocycles. The Bertz CT molecular complexity index is 1320. The zero-order valence-corrected chi connectivity index (χ0v) is 22.7. The number of methoxy groups -OCH3 is 1. The number of aryl methyl sites for hydroxylation is 1. The number of sulfonamides is 1. The predicted octanol–water partition coefficient (Wildman–Crippen LogP) is 3.35. The summed E-state index contributed by atoms with van der Waals surface area (Å²) in [6.07, 6.45) is 2.20. The SMILES string of the molecule is COc1cc2nc(NCCCCNC(=O)CC(C)C)c3nnc(C)n3c2cc1NS(=O)(=O)CC(C)C. The van der Waals surface area contributed by atoms with Crippen molar-refractivity contribution in [3.63, 3.8) is 0 Å². The van der Waals surface area contributed by atoms with Crippen molar-refractivity contribution in [1.82, 2.24) is 24.9 Å². The van der Waals surface area contributed by atoms with E-state index in [1.807, 2.05) is 39.0 Å². The summed E-state index contributed by atoms with van der Waals surface area (Å²) in [5.74, 6) is 1.99. The Morgan fingerprint density at radius 1 is 1.08 bits per heavy atom. The van der Waals surface area contributed by atoms with Gasteiger partial charge in [0.1, 0.15) is 11.6 Å². The van der Waals surface area contributed by atoms with Gasteiger partial charge in [-0.05, 0) is 37.7 Å². The van der Waals surface area contributed by atoms with Crippen molar-refractivity contribution in [2.24, 2.45) is 11.8 Å². The van der Waals surface area contributed by atoms with Crippen molar-refractivity contribution in [2.45, 2.75) is 53.9 Å².